The molecule has 38 heavy (non-hydrogen) atoms. The summed E-state index contributed by atoms with van der Waals surface area (Å²) in [5, 5.41) is 0.349. The van der Waals surface area contributed by atoms with E-state index in [1.54, 1.807) is 18.2 Å². The van der Waals surface area contributed by atoms with E-state index in [1.165, 1.54) is 5.56 Å². The maximum absolute atomic E-state index is 11.9. The van der Waals surface area contributed by atoms with Crippen LogP contribution in [0.3, 0.4) is 0 Å². The molecule has 0 atom stereocenters. The Morgan fingerprint density at radius 2 is 0.895 bits per heavy atom. The van der Waals surface area contributed by atoms with Gasteiger partial charge in [-0.15, -0.1) is 0 Å². The summed E-state index contributed by atoms with van der Waals surface area (Å²) in [5.74, 6) is 0. The van der Waals surface area contributed by atoms with Crippen molar-refractivity contribution in [3.63, 3.8) is 0 Å². The van der Waals surface area contributed by atoms with Gasteiger partial charge in [0.15, 0.2) is 0 Å². The normalized spacial score (nSPS) is 14.8. The summed E-state index contributed by atoms with van der Waals surface area (Å²) in [6.07, 6.45) is 0. The Hall–Kier alpha value is -2.03. The quantitative estimate of drug-likeness (QED) is 0.300. The second-order valence-corrected chi connectivity index (χ2v) is 17.9. The van der Waals surface area contributed by atoms with Gasteiger partial charge in [0, 0.05) is 0 Å². The fourth-order valence-corrected chi connectivity index (χ4v) is 7.32. The molecule has 0 unspecified atom stereocenters. The molecule has 3 rings (SSSR count). The summed E-state index contributed by atoms with van der Waals surface area (Å²) in [6, 6.07) is 19.4. The molecule has 0 spiro atoms. The molecule has 208 valence electrons. The molecule has 0 heterocycles. The number of hydrogen-bond donors (Lipinski definition) is 3. The van der Waals surface area contributed by atoms with E-state index in [4.69, 9.17) is 0 Å². The summed E-state index contributed by atoms with van der Waals surface area (Å²) in [4.78, 5) is 35.8. The van der Waals surface area contributed by atoms with Crippen LogP contribution in [-0.2, 0) is 21.7 Å². The van der Waals surface area contributed by atoms with Gasteiger partial charge in [-0.25, -0.2) is 0 Å². The van der Waals surface area contributed by atoms with Crippen LogP contribution >= 0.6 is 7.28 Å². The van der Waals surface area contributed by atoms with Gasteiger partial charge in [0.05, 0.1) is 0 Å². The van der Waals surface area contributed by atoms with E-state index in [9.17, 15) is 14.7 Å². The summed E-state index contributed by atoms with van der Waals surface area (Å²) in [7, 11) is -5.48. The molecule has 0 aliphatic heterocycles. The molecule has 0 radical (unpaired) electrons. The van der Waals surface area contributed by atoms with E-state index >= 15 is 0 Å². The van der Waals surface area contributed by atoms with E-state index in [2.05, 4.69) is 107 Å². The van der Waals surface area contributed by atoms with Crippen molar-refractivity contribution in [3.05, 3.63) is 82.9 Å². The van der Waals surface area contributed by atoms with Crippen LogP contribution in [0.25, 0.3) is 11.1 Å². The van der Waals surface area contributed by atoms with Crippen molar-refractivity contribution in [1.82, 2.24) is 0 Å². The molecular formula is C34H49O3P. The van der Waals surface area contributed by atoms with Crippen molar-refractivity contribution in [1.29, 1.82) is 0 Å². The standard InChI is InChI=1S/C34H49O3P/c1-31(2,3)24-15-13-23(14-16-24)29-27(33(7,8)9)21-22-28(30(29)34(10,11)12)38(35,36,37)26-19-17-25(18-20-26)32(4,5)6/h13-22,35-37H,1-12H3. The first-order valence-electron chi connectivity index (χ1n) is 13.6. The Kier molecular flexibility index (Phi) is 7.44. The van der Waals surface area contributed by atoms with Crippen molar-refractivity contribution in [2.24, 2.45) is 0 Å². The molecule has 3 N–H and O–H groups in total. The molecule has 3 nitrogen and oxygen atoms in total. The van der Waals surface area contributed by atoms with E-state index in [1.807, 2.05) is 18.2 Å². The fourth-order valence-electron chi connectivity index (χ4n) is 5.13. The molecule has 0 aliphatic rings. The van der Waals surface area contributed by atoms with Crippen molar-refractivity contribution in [2.45, 2.75) is 105 Å². The van der Waals surface area contributed by atoms with E-state index in [0.29, 0.717) is 0 Å². The van der Waals surface area contributed by atoms with Gasteiger partial charge < -0.3 is 0 Å². The molecule has 0 saturated carbocycles. The summed E-state index contributed by atoms with van der Waals surface area (Å²) in [5.41, 5.74) is 5.36. The van der Waals surface area contributed by atoms with Crippen molar-refractivity contribution >= 4 is 17.9 Å². The average molecular weight is 537 g/mol. The van der Waals surface area contributed by atoms with Crippen LogP contribution < -0.4 is 10.6 Å². The summed E-state index contributed by atoms with van der Waals surface area (Å²) >= 11 is 0. The van der Waals surface area contributed by atoms with Crippen LogP contribution in [0.4, 0.5) is 0 Å². The summed E-state index contributed by atoms with van der Waals surface area (Å²) < 4.78 is 0. The van der Waals surface area contributed by atoms with Gasteiger partial charge in [0.2, 0.25) is 0 Å². The molecule has 4 heteroatoms. The zero-order valence-corrected chi connectivity index (χ0v) is 26.5. The van der Waals surface area contributed by atoms with Gasteiger partial charge in [-0.05, 0) is 0 Å². The molecule has 0 aromatic heterocycles. The van der Waals surface area contributed by atoms with Crippen LogP contribution in [0.2, 0.25) is 0 Å². The fraction of sp³-hybridized carbons (Fsp3) is 0.471. The van der Waals surface area contributed by atoms with Crippen molar-refractivity contribution in [2.75, 3.05) is 0 Å². The predicted octanol–water partition coefficient (Wildman–Crippen LogP) is 7.77. The van der Waals surface area contributed by atoms with Gasteiger partial charge >= 0.3 is 231 Å². The van der Waals surface area contributed by atoms with Crippen molar-refractivity contribution < 1.29 is 14.7 Å². The Morgan fingerprint density at radius 3 is 1.26 bits per heavy atom. The van der Waals surface area contributed by atoms with Gasteiger partial charge in [-0.3, -0.25) is 0 Å². The monoisotopic (exact) mass is 536 g/mol. The van der Waals surface area contributed by atoms with Gasteiger partial charge in [-0.2, -0.15) is 0 Å². The molecule has 0 saturated heterocycles. The second-order valence-electron chi connectivity index (χ2n) is 15.0. The van der Waals surface area contributed by atoms with Gasteiger partial charge in [-0.1, -0.05) is 0 Å². The third-order valence-corrected chi connectivity index (χ3v) is 9.94. The predicted molar refractivity (Wildman–Crippen MR) is 166 cm³/mol. The number of benzene rings is 3. The van der Waals surface area contributed by atoms with Crippen LogP contribution in [0.1, 0.15) is 105 Å². The third-order valence-electron chi connectivity index (χ3n) is 7.43. The van der Waals surface area contributed by atoms with E-state index in [0.717, 1.165) is 27.8 Å². The van der Waals surface area contributed by atoms with Crippen LogP contribution in [0.15, 0.2) is 60.7 Å². The van der Waals surface area contributed by atoms with E-state index in [-0.39, 0.29) is 26.9 Å². The first kappa shape index (κ1) is 30.5. The zero-order valence-electron chi connectivity index (χ0n) is 25.6. The average Bonchev–Trinajstić information content (AvgIpc) is 2.75. The zero-order chi connectivity index (χ0) is 29.1. The molecule has 0 amide bonds. The van der Waals surface area contributed by atoms with Crippen LogP contribution in [0, 0.1) is 0 Å². The Morgan fingerprint density at radius 1 is 0.474 bits per heavy atom. The van der Waals surface area contributed by atoms with Crippen LogP contribution in [-0.4, -0.2) is 14.7 Å². The second kappa shape index (κ2) is 9.27. The molecule has 3 aromatic carbocycles. The Labute approximate surface area is 231 Å². The Balaban J connectivity index is 2.42. The molecule has 0 bridgehead atoms. The van der Waals surface area contributed by atoms with Gasteiger partial charge in [0.1, 0.15) is 0 Å². The number of rotatable bonds is 3. The molecular weight excluding hydrogens is 487 g/mol. The van der Waals surface area contributed by atoms with Crippen molar-refractivity contribution in [3.8, 4) is 11.1 Å². The summed E-state index contributed by atoms with van der Waals surface area (Å²) in [6.45, 7) is 25.6. The first-order chi connectivity index (χ1) is 16.9. The minimum atomic E-state index is -5.48. The number of hydrogen-bond acceptors (Lipinski definition) is 3. The third kappa shape index (κ3) is 5.92. The first-order valence-corrected chi connectivity index (χ1v) is 15.7. The van der Waals surface area contributed by atoms with E-state index < -0.39 is 12.7 Å². The van der Waals surface area contributed by atoms with Gasteiger partial charge in [0.25, 0.3) is 0 Å². The van der Waals surface area contributed by atoms with Crippen LogP contribution in [0.5, 0.6) is 0 Å². The Bertz CT molecular complexity index is 1300. The minimum absolute atomic E-state index is 0.0202. The molecule has 3 aromatic rings. The molecule has 0 aliphatic carbocycles. The topological polar surface area (TPSA) is 60.7 Å². The maximum atomic E-state index is 11.9. The SMILES string of the molecule is CC(C)(C)c1ccc(-c2c(C(C)(C)C)ccc(P(O)(O)(O)c3ccc(C(C)(C)C)cc3)c2C(C)(C)C)cc1. The molecule has 0 fully saturated rings.